The Labute approximate surface area is 118 Å². The van der Waals surface area contributed by atoms with Crippen molar-refractivity contribution in [1.82, 2.24) is 10.2 Å². The second-order valence-electron chi connectivity index (χ2n) is 5.21. The molecule has 1 unspecified atom stereocenters. The Morgan fingerprint density at radius 2 is 2.00 bits per heavy atom. The second-order valence-corrected chi connectivity index (χ2v) is 5.21. The molecular weight excluding hydrogens is 252 g/mol. The van der Waals surface area contributed by atoms with E-state index in [0.717, 1.165) is 16.9 Å². The number of hydrogen-bond donors (Lipinski definition) is 3. The first-order valence-electron chi connectivity index (χ1n) is 6.71. The molecule has 20 heavy (non-hydrogen) atoms. The number of nitrogens with one attached hydrogen (secondary N) is 2. The van der Waals surface area contributed by atoms with E-state index in [4.69, 9.17) is 5.73 Å². The highest BCUT2D eigenvalue weighted by Gasteiger charge is 2.13. The quantitative estimate of drug-likeness (QED) is 0.781. The summed E-state index contributed by atoms with van der Waals surface area (Å²) in [6.45, 7) is 4.02. The van der Waals surface area contributed by atoms with Crippen LogP contribution in [0.1, 0.15) is 20.3 Å². The van der Waals surface area contributed by atoms with E-state index in [2.05, 4.69) is 15.5 Å². The van der Waals surface area contributed by atoms with E-state index in [9.17, 15) is 4.79 Å². The fourth-order valence-electron chi connectivity index (χ4n) is 1.81. The molecule has 1 atom stereocenters. The third kappa shape index (κ3) is 3.68. The van der Waals surface area contributed by atoms with Gasteiger partial charge in [-0.05, 0) is 29.7 Å². The first-order chi connectivity index (χ1) is 9.56. The first kappa shape index (κ1) is 14.3. The summed E-state index contributed by atoms with van der Waals surface area (Å²) in [6.07, 6.45) is 2.04. The van der Waals surface area contributed by atoms with E-state index in [-0.39, 0.29) is 11.9 Å². The lowest BCUT2D eigenvalue weighted by molar-refractivity contribution is -0.116. The number of carbonyl (C=O) groups is 1. The van der Waals surface area contributed by atoms with Gasteiger partial charge in [0.15, 0.2) is 0 Å². The predicted molar refractivity (Wildman–Crippen MR) is 80.1 cm³/mol. The number of aromatic amines is 1. The largest absolute Gasteiger partial charge is 0.327 e. The van der Waals surface area contributed by atoms with Crippen molar-refractivity contribution in [3.8, 4) is 11.3 Å². The molecule has 5 nitrogen and oxygen atoms in total. The van der Waals surface area contributed by atoms with Gasteiger partial charge >= 0.3 is 0 Å². The number of H-pyrrole nitrogens is 1. The normalized spacial score (nSPS) is 12.4. The summed E-state index contributed by atoms with van der Waals surface area (Å²) in [5.41, 5.74) is 8.64. The zero-order chi connectivity index (χ0) is 14.5. The lowest BCUT2D eigenvalue weighted by Crippen LogP contribution is -2.31. The van der Waals surface area contributed by atoms with Crippen molar-refractivity contribution in [2.45, 2.75) is 26.3 Å². The fraction of sp³-hybridized carbons (Fsp3) is 0.333. The maximum Gasteiger partial charge on any atom is 0.225 e. The summed E-state index contributed by atoms with van der Waals surface area (Å²) >= 11 is 0. The Kier molecular flexibility index (Phi) is 4.53. The summed E-state index contributed by atoms with van der Waals surface area (Å²) in [7, 11) is 0. The molecule has 2 rings (SSSR count). The van der Waals surface area contributed by atoms with Crippen molar-refractivity contribution < 1.29 is 4.79 Å². The zero-order valence-corrected chi connectivity index (χ0v) is 11.8. The van der Waals surface area contributed by atoms with Crippen LogP contribution in [0, 0.1) is 5.92 Å². The Morgan fingerprint density at radius 1 is 1.30 bits per heavy atom. The van der Waals surface area contributed by atoms with Gasteiger partial charge in [0.1, 0.15) is 0 Å². The van der Waals surface area contributed by atoms with Crippen LogP contribution in [0.25, 0.3) is 11.3 Å². The van der Waals surface area contributed by atoms with Crippen LogP contribution in [0.15, 0.2) is 36.5 Å². The van der Waals surface area contributed by atoms with Crippen molar-refractivity contribution in [2.75, 3.05) is 5.32 Å². The highest BCUT2D eigenvalue weighted by atomic mass is 16.1. The fourth-order valence-corrected chi connectivity index (χ4v) is 1.81. The summed E-state index contributed by atoms with van der Waals surface area (Å²) in [5.74, 6) is 0.240. The highest BCUT2D eigenvalue weighted by Crippen LogP contribution is 2.19. The molecule has 4 N–H and O–H groups in total. The van der Waals surface area contributed by atoms with E-state index < -0.39 is 0 Å². The van der Waals surface area contributed by atoms with E-state index in [1.54, 1.807) is 6.20 Å². The SMILES string of the molecule is CC(C)C(N)CC(=O)Nc1ccc(-c2ccn[nH]2)cc1. The minimum atomic E-state index is -0.112. The number of hydrogen-bond acceptors (Lipinski definition) is 3. The molecule has 0 aliphatic heterocycles. The number of rotatable bonds is 5. The molecule has 1 aromatic carbocycles. The van der Waals surface area contributed by atoms with Crippen molar-refractivity contribution in [3.63, 3.8) is 0 Å². The summed E-state index contributed by atoms with van der Waals surface area (Å²) < 4.78 is 0. The van der Waals surface area contributed by atoms with Crippen LogP contribution >= 0.6 is 0 Å². The average Bonchev–Trinajstić information content (AvgIpc) is 2.93. The molecule has 1 amide bonds. The maximum absolute atomic E-state index is 11.8. The van der Waals surface area contributed by atoms with Gasteiger partial charge in [-0.3, -0.25) is 9.89 Å². The molecule has 106 valence electrons. The number of nitrogens with two attached hydrogens (primary N) is 1. The van der Waals surface area contributed by atoms with Gasteiger partial charge in [0, 0.05) is 24.3 Å². The van der Waals surface area contributed by atoms with Gasteiger partial charge in [-0.25, -0.2) is 0 Å². The minimum Gasteiger partial charge on any atom is -0.327 e. The molecule has 2 aromatic rings. The predicted octanol–water partition coefficient (Wildman–Crippen LogP) is 2.39. The second kappa shape index (κ2) is 6.34. The average molecular weight is 272 g/mol. The van der Waals surface area contributed by atoms with Crippen LogP contribution in [0.4, 0.5) is 5.69 Å². The molecule has 0 aliphatic carbocycles. The van der Waals surface area contributed by atoms with Gasteiger partial charge in [0.05, 0.1) is 5.69 Å². The monoisotopic (exact) mass is 272 g/mol. The third-order valence-corrected chi connectivity index (χ3v) is 3.26. The Balaban J connectivity index is 1.95. The maximum atomic E-state index is 11.8. The Bertz CT molecular complexity index is 546. The van der Waals surface area contributed by atoms with Gasteiger partial charge in [0.25, 0.3) is 0 Å². The molecule has 0 aliphatic rings. The van der Waals surface area contributed by atoms with Crippen LogP contribution in [-0.4, -0.2) is 22.1 Å². The first-order valence-corrected chi connectivity index (χ1v) is 6.71. The van der Waals surface area contributed by atoms with Crippen molar-refractivity contribution >= 4 is 11.6 Å². The van der Waals surface area contributed by atoms with Gasteiger partial charge in [-0.15, -0.1) is 0 Å². The zero-order valence-electron chi connectivity index (χ0n) is 11.8. The molecule has 1 aromatic heterocycles. The van der Waals surface area contributed by atoms with Crippen LogP contribution < -0.4 is 11.1 Å². The van der Waals surface area contributed by atoms with Crippen LogP contribution in [0.5, 0.6) is 0 Å². The van der Waals surface area contributed by atoms with Crippen molar-refractivity contribution in [3.05, 3.63) is 36.5 Å². The summed E-state index contributed by atoms with van der Waals surface area (Å²) in [5, 5.41) is 9.66. The lowest BCUT2D eigenvalue weighted by Gasteiger charge is -2.15. The number of benzene rings is 1. The van der Waals surface area contributed by atoms with E-state index in [1.165, 1.54) is 0 Å². The van der Waals surface area contributed by atoms with Gasteiger partial charge < -0.3 is 11.1 Å². The molecule has 0 radical (unpaired) electrons. The Hall–Kier alpha value is -2.14. The van der Waals surface area contributed by atoms with E-state index in [0.29, 0.717) is 12.3 Å². The topological polar surface area (TPSA) is 83.8 Å². The number of carbonyl (C=O) groups excluding carboxylic acids is 1. The van der Waals surface area contributed by atoms with Gasteiger partial charge in [0.2, 0.25) is 5.91 Å². The molecule has 0 bridgehead atoms. The number of anilines is 1. The summed E-state index contributed by atoms with van der Waals surface area (Å²) in [4.78, 5) is 11.8. The summed E-state index contributed by atoms with van der Waals surface area (Å²) in [6, 6.07) is 9.40. The number of amides is 1. The lowest BCUT2D eigenvalue weighted by atomic mass is 10.0. The molecule has 5 heteroatoms. The molecular formula is C15H20N4O. The molecule has 1 heterocycles. The van der Waals surface area contributed by atoms with E-state index >= 15 is 0 Å². The third-order valence-electron chi connectivity index (χ3n) is 3.26. The van der Waals surface area contributed by atoms with Crippen molar-refractivity contribution in [2.24, 2.45) is 11.7 Å². The molecule has 0 fully saturated rings. The molecule has 0 spiro atoms. The van der Waals surface area contributed by atoms with Crippen LogP contribution in [0.2, 0.25) is 0 Å². The molecule has 0 saturated heterocycles. The minimum absolute atomic E-state index is 0.0551. The number of nitrogens with zero attached hydrogens (tertiary/aromatic N) is 1. The van der Waals surface area contributed by atoms with Gasteiger partial charge in [-0.2, -0.15) is 5.10 Å². The molecule has 0 saturated carbocycles. The van der Waals surface area contributed by atoms with Crippen LogP contribution in [-0.2, 0) is 4.79 Å². The standard InChI is InChI=1S/C15H20N4O/c1-10(2)13(16)9-15(20)18-12-5-3-11(4-6-12)14-7-8-17-19-14/h3-8,10,13H,9,16H2,1-2H3,(H,17,19)(H,18,20). The smallest absolute Gasteiger partial charge is 0.225 e. The highest BCUT2D eigenvalue weighted by molar-refractivity contribution is 5.91. The number of aromatic nitrogens is 2. The van der Waals surface area contributed by atoms with Crippen molar-refractivity contribution in [1.29, 1.82) is 0 Å². The van der Waals surface area contributed by atoms with Crippen LogP contribution in [0.3, 0.4) is 0 Å². The van der Waals surface area contributed by atoms with Gasteiger partial charge in [-0.1, -0.05) is 26.0 Å². The van der Waals surface area contributed by atoms with E-state index in [1.807, 2.05) is 44.2 Å². The Morgan fingerprint density at radius 3 is 2.55 bits per heavy atom.